The predicted molar refractivity (Wildman–Crippen MR) is 98.8 cm³/mol. The van der Waals surface area contributed by atoms with Crippen molar-refractivity contribution in [2.24, 2.45) is 7.05 Å². The molecular weight excluding hydrogens is 450 g/mol. The quantitative estimate of drug-likeness (QED) is 0.401. The Morgan fingerprint density at radius 1 is 1.42 bits per heavy atom. The van der Waals surface area contributed by atoms with Gasteiger partial charge in [-0.25, -0.2) is 9.18 Å². The Hall–Kier alpha value is -1.61. The number of carbonyl (C=O) groups excluding carboxylic acids is 2. The van der Waals surface area contributed by atoms with Crippen LogP contribution in [-0.2, 0) is 11.8 Å². The summed E-state index contributed by atoms with van der Waals surface area (Å²) in [4.78, 5) is 24.1. The molecule has 1 aromatic heterocycles. The fourth-order valence-corrected chi connectivity index (χ4v) is 3.17. The lowest BCUT2D eigenvalue weighted by molar-refractivity contribution is 0.0528. The van der Waals surface area contributed by atoms with Crippen molar-refractivity contribution in [2.45, 2.75) is 13.8 Å². The molecular formula is C16H15ClFIN2O3. The van der Waals surface area contributed by atoms with Gasteiger partial charge in [0.25, 0.3) is 0 Å². The summed E-state index contributed by atoms with van der Waals surface area (Å²) in [5.41, 5.74) is 0.311. The molecule has 0 saturated carbocycles. The van der Waals surface area contributed by atoms with Crippen LogP contribution in [0, 0.1) is 9.39 Å². The summed E-state index contributed by atoms with van der Waals surface area (Å²) in [7, 11) is 1.57. The van der Waals surface area contributed by atoms with E-state index in [1.165, 1.54) is 17.6 Å². The largest absolute Gasteiger partial charge is 0.462 e. The summed E-state index contributed by atoms with van der Waals surface area (Å²) >= 11 is 8.21. The molecule has 1 N–H and O–H groups in total. The Kier molecular flexibility index (Phi) is 5.87. The highest BCUT2D eigenvalue weighted by atomic mass is 127. The fourth-order valence-electron chi connectivity index (χ4n) is 2.29. The first-order valence-electron chi connectivity index (χ1n) is 7.06. The van der Waals surface area contributed by atoms with Crippen LogP contribution in [0.15, 0.2) is 18.2 Å². The third kappa shape index (κ3) is 3.56. The first kappa shape index (κ1) is 18.7. The zero-order valence-corrected chi connectivity index (χ0v) is 16.2. The monoisotopic (exact) mass is 464 g/mol. The molecule has 0 atom stereocenters. The predicted octanol–water partition coefficient (Wildman–Crippen LogP) is 4.55. The third-order valence-electron chi connectivity index (χ3n) is 3.33. The van der Waals surface area contributed by atoms with E-state index in [4.69, 9.17) is 16.3 Å². The van der Waals surface area contributed by atoms with Gasteiger partial charge in [0.1, 0.15) is 22.9 Å². The molecule has 0 aliphatic heterocycles. The molecule has 1 aromatic carbocycles. The molecule has 24 heavy (non-hydrogen) atoms. The van der Waals surface area contributed by atoms with Crippen LogP contribution < -0.4 is 5.32 Å². The minimum absolute atomic E-state index is 0.00386. The summed E-state index contributed by atoms with van der Waals surface area (Å²) in [6, 6.07) is 4.61. The van der Waals surface area contributed by atoms with Crippen molar-refractivity contribution in [3.8, 4) is 0 Å². The maximum atomic E-state index is 14.1. The molecule has 0 fully saturated rings. The van der Waals surface area contributed by atoms with Gasteiger partial charge in [0, 0.05) is 17.5 Å². The summed E-state index contributed by atoms with van der Waals surface area (Å²) in [5.74, 6) is -1.29. The number of nitrogens with one attached hydrogen (secondary N) is 1. The third-order valence-corrected chi connectivity index (χ3v) is 4.37. The van der Waals surface area contributed by atoms with E-state index < -0.39 is 11.8 Å². The lowest BCUT2D eigenvalue weighted by Crippen LogP contribution is -2.09. The second-order valence-electron chi connectivity index (χ2n) is 4.97. The van der Waals surface area contributed by atoms with Gasteiger partial charge < -0.3 is 14.6 Å². The van der Waals surface area contributed by atoms with E-state index in [1.807, 2.05) is 22.6 Å². The lowest BCUT2D eigenvalue weighted by Gasteiger charge is -2.12. The molecule has 0 spiro atoms. The Labute approximate surface area is 157 Å². The highest BCUT2D eigenvalue weighted by Gasteiger charge is 2.28. The van der Waals surface area contributed by atoms with Crippen LogP contribution in [-0.4, -0.2) is 22.9 Å². The summed E-state index contributed by atoms with van der Waals surface area (Å²) in [6.07, 6.45) is 0. The Morgan fingerprint density at radius 3 is 2.62 bits per heavy atom. The average molecular weight is 465 g/mol. The van der Waals surface area contributed by atoms with Gasteiger partial charge in [0.15, 0.2) is 5.78 Å². The van der Waals surface area contributed by atoms with Crippen molar-refractivity contribution in [2.75, 3.05) is 11.9 Å². The number of nitrogens with zero attached hydrogens (tertiary/aromatic N) is 1. The Morgan fingerprint density at radius 2 is 2.08 bits per heavy atom. The summed E-state index contributed by atoms with van der Waals surface area (Å²) < 4.78 is 21.3. The maximum absolute atomic E-state index is 14.1. The fraction of sp³-hybridized carbons (Fsp3) is 0.250. The van der Waals surface area contributed by atoms with Crippen LogP contribution in [0.4, 0.5) is 15.9 Å². The van der Waals surface area contributed by atoms with Gasteiger partial charge in [0.2, 0.25) is 0 Å². The molecule has 128 valence electrons. The number of rotatable bonds is 5. The molecule has 2 rings (SSSR count). The summed E-state index contributed by atoms with van der Waals surface area (Å²) in [5, 5.41) is 2.82. The number of halogens is 3. The molecule has 5 nitrogen and oxygen atoms in total. The van der Waals surface area contributed by atoms with E-state index in [2.05, 4.69) is 5.32 Å². The van der Waals surface area contributed by atoms with Gasteiger partial charge in [-0.3, -0.25) is 4.79 Å². The molecule has 0 radical (unpaired) electrons. The molecule has 8 heteroatoms. The van der Waals surface area contributed by atoms with Gasteiger partial charge >= 0.3 is 5.97 Å². The van der Waals surface area contributed by atoms with Gasteiger partial charge in [-0.15, -0.1) is 0 Å². The number of ketones is 1. The van der Waals surface area contributed by atoms with E-state index in [0.29, 0.717) is 0 Å². The molecule has 0 saturated heterocycles. The molecule has 0 aliphatic carbocycles. The van der Waals surface area contributed by atoms with Crippen molar-refractivity contribution in [3.63, 3.8) is 0 Å². The van der Waals surface area contributed by atoms with E-state index in [0.717, 1.165) is 3.57 Å². The van der Waals surface area contributed by atoms with Crippen LogP contribution in [0.3, 0.4) is 0 Å². The van der Waals surface area contributed by atoms with Crippen LogP contribution in [0.1, 0.15) is 34.7 Å². The number of esters is 1. The van der Waals surface area contributed by atoms with Gasteiger partial charge in [-0.2, -0.15) is 0 Å². The number of carbonyl (C=O) groups is 2. The Balaban J connectivity index is 2.60. The first-order chi connectivity index (χ1) is 11.3. The van der Waals surface area contributed by atoms with Crippen LogP contribution in [0.25, 0.3) is 0 Å². The normalized spacial score (nSPS) is 10.6. The number of hydrogen-bond acceptors (Lipinski definition) is 4. The SMILES string of the molecule is CCOC(=O)c1c(Cl)c(C(C)=O)n(C)c1Nc1ccc(I)cc1F. The highest BCUT2D eigenvalue weighted by Crippen LogP contribution is 2.34. The number of anilines is 2. The number of hydrogen-bond donors (Lipinski definition) is 1. The number of aromatic nitrogens is 1. The second-order valence-corrected chi connectivity index (χ2v) is 6.59. The second kappa shape index (κ2) is 7.52. The number of benzene rings is 1. The van der Waals surface area contributed by atoms with E-state index >= 15 is 0 Å². The first-order valence-corrected chi connectivity index (χ1v) is 8.51. The van der Waals surface area contributed by atoms with E-state index in [1.54, 1.807) is 26.1 Å². The molecule has 0 amide bonds. The van der Waals surface area contributed by atoms with Crippen LogP contribution >= 0.6 is 34.2 Å². The molecule has 0 unspecified atom stereocenters. The van der Waals surface area contributed by atoms with Gasteiger partial charge in [0.05, 0.1) is 17.3 Å². The topological polar surface area (TPSA) is 60.3 Å². The van der Waals surface area contributed by atoms with E-state index in [-0.39, 0.29) is 40.2 Å². The van der Waals surface area contributed by atoms with Gasteiger partial charge in [-0.05, 0) is 47.7 Å². The average Bonchev–Trinajstić information content (AvgIpc) is 2.73. The summed E-state index contributed by atoms with van der Waals surface area (Å²) in [6.45, 7) is 3.15. The van der Waals surface area contributed by atoms with Crippen molar-refractivity contribution in [1.82, 2.24) is 4.57 Å². The minimum Gasteiger partial charge on any atom is -0.462 e. The maximum Gasteiger partial charge on any atom is 0.343 e. The smallest absolute Gasteiger partial charge is 0.343 e. The lowest BCUT2D eigenvalue weighted by atomic mass is 10.2. The molecule has 1 heterocycles. The molecule has 2 aromatic rings. The van der Waals surface area contributed by atoms with Crippen molar-refractivity contribution < 1.29 is 18.7 Å². The van der Waals surface area contributed by atoms with Crippen LogP contribution in [0.5, 0.6) is 0 Å². The zero-order valence-electron chi connectivity index (χ0n) is 13.2. The molecule has 0 bridgehead atoms. The number of ether oxygens (including phenoxy) is 1. The van der Waals surface area contributed by atoms with Crippen molar-refractivity contribution >= 4 is 57.4 Å². The van der Waals surface area contributed by atoms with E-state index in [9.17, 15) is 14.0 Å². The number of Topliss-reactive ketones (excluding diaryl/α,β-unsaturated/α-hetero) is 1. The van der Waals surface area contributed by atoms with Gasteiger partial charge in [-0.1, -0.05) is 11.6 Å². The Bertz CT molecular complexity index is 820. The van der Waals surface area contributed by atoms with Crippen LogP contribution in [0.2, 0.25) is 5.02 Å². The highest BCUT2D eigenvalue weighted by molar-refractivity contribution is 14.1. The van der Waals surface area contributed by atoms with Crippen molar-refractivity contribution in [3.05, 3.63) is 43.9 Å². The minimum atomic E-state index is -0.681. The van der Waals surface area contributed by atoms with Crippen molar-refractivity contribution in [1.29, 1.82) is 0 Å². The zero-order chi connectivity index (χ0) is 18.0. The standard InChI is InChI=1S/C16H15ClFIN2O3/c1-4-24-16(23)12-13(17)14(8(2)22)21(3)15(12)20-11-6-5-9(19)7-10(11)18/h5-7,20H,4H2,1-3H3. The molecule has 0 aliphatic rings.